The zero-order valence-corrected chi connectivity index (χ0v) is 11.0. The largest absolute Gasteiger partial charge is 0.314 e. The molecular formula is C16H25N. The molecule has 0 spiro atoms. The lowest BCUT2D eigenvalue weighted by Crippen LogP contribution is -2.40. The third-order valence-electron chi connectivity index (χ3n) is 3.87. The fraction of sp³-hybridized carbons (Fsp3) is 0.625. The molecule has 1 saturated carbocycles. The minimum atomic E-state index is 0.779. The first-order chi connectivity index (χ1) is 8.40. The summed E-state index contributed by atoms with van der Waals surface area (Å²) in [6.07, 6.45) is 8.12. The van der Waals surface area contributed by atoms with Crippen molar-refractivity contribution in [2.24, 2.45) is 0 Å². The maximum absolute atomic E-state index is 3.68. The van der Waals surface area contributed by atoms with Crippen LogP contribution in [0.1, 0.15) is 56.9 Å². The van der Waals surface area contributed by atoms with Gasteiger partial charge in [-0.2, -0.15) is 0 Å². The van der Waals surface area contributed by atoms with Gasteiger partial charge >= 0.3 is 0 Å². The van der Waals surface area contributed by atoms with E-state index >= 15 is 0 Å². The van der Waals surface area contributed by atoms with Gasteiger partial charge in [0.05, 0.1) is 0 Å². The highest BCUT2D eigenvalue weighted by Gasteiger charge is 2.29. The van der Waals surface area contributed by atoms with E-state index in [4.69, 9.17) is 0 Å². The summed E-state index contributed by atoms with van der Waals surface area (Å²) in [4.78, 5) is 0. The van der Waals surface area contributed by atoms with Gasteiger partial charge in [0, 0.05) is 6.04 Å². The van der Waals surface area contributed by atoms with Gasteiger partial charge in [0.25, 0.3) is 0 Å². The van der Waals surface area contributed by atoms with Crippen LogP contribution in [0.3, 0.4) is 0 Å². The molecule has 1 aromatic carbocycles. The van der Waals surface area contributed by atoms with Crippen molar-refractivity contribution in [1.29, 1.82) is 0 Å². The highest BCUT2D eigenvalue weighted by molar-refractivity contribution is 5.22. The predicted molar refractivity (Wildman–Crippen MR) is 74.3 cm³/mol. The van der Waals surface area contributed by atoms with Crippen LogP contribution in [-0.4, -0.2) is 12.6 Å². The minimum Gasteiger partial charge on any atom is -0.314 e. The van der Waals surface area contributed by atoms with Crippen LogP contribution in [0.2, 0.25) is 0 Å². The molecule has 0 aliphatic heterocycles. The van der Waals surface area contributed by atoms with Crippen LogP contribution in [0, 0.1) is 0 Å². The Hall–Kier alpha value is -0.820. The predicted octanol–water partition coefficient (Wildman–Crippen LogP) is 4.10. The van der Waals surface area contributed by atoms with Gasteiger partial charge in [-0.15, -0.1) is 0 Å². The van der Waals surface area contributed by atoms with Crippen LogP contribution in [0.15, 0.2) is 30.3 Å². The normalized spacial score (nSPS) is 23.4. The number of nitrogens with one attached hydrogen (secondary N) is 1. The second-order valence-corrected chi connectivity index (χ2v) is 5.29. The molecule has 1 fully saturated rings. The Morgan fingerprint density at radius 3 is 2.53 bits per heavy atom. The lowest BCUT2D eigenvalue weighted by Gasteiger charge is -2.36. The molecule has 17 heavy (non-hydrogen) atoms. The van der Waals surface area contributed by atoms with Crippen molar-refractivity contribution in [1.82, 2.24) is 5.32 Å². The fourth-order valence-corrected chi connectivity index (χ4v) is 2.64. The summed E-state index contributed by atoms with van der Waals surface area (Å²) in [5.41, 5.74) is 1.52. The van der Waals surface area contributed by atoms with Crippen LogP contribution in [0.4, 0.5) is 0 Å². The SMILES string of the molecule is CCCCCCNC1CC(c2ccccc2)C1. The van der Waals surface area contributed by atoms with Crippen LogP contribution in [0.25, 0.3) is 0 Å². The minimum absolute atomic E-state index is 0.779. The van der Waals surface area contributed by atoms with E-state index in [1.807, 2.05) is 0 Å². The van der Waals surface area contributed by atoms with Gasteiger partial charge in [-0.3, -0.25) is 0 Å². The Morgan fingerprint density at radius 2 is 1.82 bits per heavy atom. The van der Waals surface area contributed by atoms with Crippen molar-refractivity contribution >= 4 is 0 Å². The number of hydrogen-bond acceptors (Lipinski definition) is 1. The monoisotopic (exact) mass is 231 g/mol. The summed E-state index contributed by atoms with van der Waals surface area (Å²) in [6.45, 7) is 3.48. The first-order valence-corrected chi connectivity index (χ1v) is 7.18. The summed E-state index contributed by atoms with van der Waals surface area (Å²) >= 11 is 0. The summed E-state index contributed by atoms with van der Waals surface area (Å²) in [7, 11) is 0. The van der Waals surface area contributed by atoms with Crippen LogP contribution < -0.4 is 5.32 Å². The summed E-state index contributed by atoms with van der Waals surface area (Å²) < 4.78 is 0. The van der Waals surface area contributed by atoms with E-state index in [0.29, 0.717) is 0 Å². The van der Waals surface area contributed by atoms with Crippen molar-refractivity contribution in [3.8, 4) is 0 Å². The van der Waals surface area contributed by atoms with Crippen LogP contribution in [-0.2, 0) is 0 Å². The molecule has 0 amide bonds. The van der Waals surface area contributed by atoms with E-state index in [2.05, 4.69) is 42.6 Å². The first-order valence-electron chi connectivity index (χ1n) is 7.18. The van der Waals surface area contributed by atoms with Crippen LogP contribution >= 0.6 is 0 Å². The molecule has 2 rings (SSSR count). The molecule has 0 radical (unpaired) electrons. The van der Waals surface area contributed by atoms with Gasteiger partial charge in [-0.1, -0.05) is 56.5 Å². The second kappa shape index (κ2) is 6.80. The molecule has 1 N–H and O–H groups in total. The van der Waals surface area contributed by atoms with Crippen molar-refractivity contribution in [3.63, 3.8) is 0 Å². The maximum Gasteiger partial charge on any atom is 0.00787 e. The summed E-state index contributed by atoms with van der Waals surface area (Å²) in [6, 6.07) is 11.7. The average Bonchev–Trinajstić information content (AvgIpc) is 2.32. The molecule has 1 aliphatic rings. The van der Waals surface area contributed by atoms with Gasteiger partial charge in [0.15, 0.2) is 0 Å². The molecule has 1 nitrogen and oxygen atoms in total. The molecule has 1 heteroatoms. The van der Waals surface area contributed by atoms with Gasteiger partial charge in [0.1, 0.15) is 0 Å². The number of rotatable bonds is 7. The molecule has 0 heterocycles. The van der Waals surface area contributed by atoms with E-state index < -0.39 is 0 Å². The zero-order chi connectivity index (χ0) is 11.9. The van der Waals surface area contributed by atoms with E-state index in [9.17, 15) is 0 Å². The molecule has 1 aliphatic carbocycles. The number of hydrogen-bond donors (Lipinski definition) is 1. The van der Waals surface area contributed by atoms with Crippen molar-refractivity contribution in [2.45, 2.75) is 57.4 Å². The smallest absolute Gasteiger partial charge is 0.00787 e. The molecule has 0 aromatic heterocycles. The molecule has 0 atom stereocenters. The topological polar surface area (TPSA) is 12.0 Å². The zero-order valence-electron chi connectivity index (χ0n) is 11.0. The van der Waals surface area contributed by atoms with Crippen molar-refractivity contribution < 1.29 is 0 Å². The Kier molecular flexibility index (Phi) is 5.06. The van der Waals surface area contributed by atoms with Crippen LogP contribution in [0.5, 0.6) is 0 Å². The van der Waals surface area contributed by atoms with Crippen molar-refractivity contribution in [2.75, 3.05) is 6.54 Å². The first kappa shape index (κ1) is 12.6. The molecule has 0 saturated heterocycles. The third-order valence-corrected chi connectivity index (χ3v) is 3.87. The molecule has 0 bridgehead atoms. The standard InChI is InChI=1S/C16H25N/c1-2-3-4-8-11-17-16-12-15(13-16)14-9-6-5-7-10-14/h5-7,9-10,15-17H,2-4,8,11-13H2,1H3. The average molecular weight is 231 g/mol. The summed E-state index contributed by atoms with van der Waals surface area (Å²) in [5, 5.41) is 3.68. The van der Waals surface area contributed by atoms with Gasteiger partial charge in [0.2, 0.25) is 0 Å². The third kappa shape index (κ3) is 3.85. The van der Waals surface area contributed by atoms with Crippen molar-refractivity contribution in [3.05, 3.63) is 35.9 Å². The summed E-state index contributed by atoms with van der Waals surface area (Å²) in [5.74, 6) is 0.810. The fourth-order valence-electron chi connectivity index (χ4n) is 2.64. The Balaban J connectivity index is 1.57. The number of benzene rings is 1. The maximum atomic E-state index is 3.68. The lowest BCUT2D eigenvalue weighted by atomic mass is 9.76. The Bertz CT molecular complexity index is 301. The second-order valence-electron chi connectivity index (χ2n) is 5.29. The van der Waals surface area contributed by atoms with Gasteiger partial charge in [-0.25, -0.2) is 0 Å². The lowest BCUT2D eigenvalue weighted by molar-refractivity contribution is 0.289. The molecule has 1 aromatic rings. The van der Waals surface area contributed by atoms with Gasteiger partial charge in [-0.05, 0) is 37.3 Å². The van der Waals surface area contributed by atoms with E-state index in [-0.39, 0.29) is 0 Å². The quantitative estimate of drug-likeness (QED) is 0.697. The number of unbranched alkanes of at least 4 members (excludes halogenated alkanes) is 3. The Morgan fingerprint density at radius 1 is 1.06 bits per heavy atom. The molecular weight excluding hydrogens is 206 g/mol. The van der Waals surface area contributed by atoms with Gasteiger partial charge < -0.3 is 5.32 Å². The Labute approximate surface area is 106 Å². The highest BCUT2D eigenvalue weighted by Crippen LogP contribution is 2.36. The highest BCUT2D eigenvalue weighted by atomic mass is 14.9. The van der Waals surface area contributed by atoms with E-state index in [1.165, 1.54) is 50.6 Å². The van der Waals surface area contributed by atoms with E-state index in [1.54, 1.807) is 0 Å². The molecule has 0 unspecified atom stereocenters. The van der Waals surface area contributed by atoms with E-state index in [0.717, 1.165) is 12.0 Å². The molecule has 94 valence electrons.